The molecule has 10 saturated carbocycles. The molecule has 4 bridgehead atoms. The lowest BCUT2D eigenvalue weighted by Crippen LogP contribution is -2.56. The number of carbonyl (C=O) groups is 2. The van der Waals surface area contributed by atoms with E-state index < -0.39 is 21.5 Å². The molecule has 14 rings (SSSR count). The monoisotopic (exact) mass is 977 g/mol. The van der Waals surface area contributed by atoms with Crippen LogP contribution in [0.5, 0.6) is 11.5 Å². The van der Waals surface area contributed by atoms with Gasteiger partial charge in [-0.3, -0.25) is 13.8 Å². The second-order valence-electron chi connectivity index (χ2n) is 23.7. The van der Waals surface area contributed by atoms with Crippen molar-refractivity contribution in [1.82, 2.24) is 10.6 Å². The number of hydrogen-bond donors (Lipinski definition) is 4. The van der Waals surface area contributed by atoms with Gasteiger partial charge in [0.25, 0.3) is 10.1 Å². The molecule has 4 aromatic rings. The number of carboxylic acids is 1. The molecule has 0 amide bonds. The van der Waals surface area contributed by atoms with Crippen LogP contribution in [0, 0.1) is 21.7 Å². The third-order valence-electron chi connectivity index (χ3n) is 19.2. The standard InChI is InChI=1S/C28H35NO3.C21H25NO3.C9H16O3S/c30-25(31)27-11-14-28(15-12-27,16-13-27)29-19-20-1-2-22-18-24(4-3-21(22)17-20)32-23-5-7-26(8-6-23)9-10-26;1-25-19(24)20-6-9-21(10-7-20,11-8-20)22-14-15-2-3-17-13-18(23)5-4-16(17)12-15;1-13(10,11)12-8-2-4-9(5-3-8)6-7-9/h1-4,17-18,23,29H,5-16,19H2,(H,30,31);2-5,12-13,22-23H,6-11,14H2,1H3;8H,2-7H2,1H3. The molecule has 0 saturated heterocycles. The first kappa shape index (κ1) is 49.4. The van der Waals surface area contributed by atoms with E-state index in [0.717, 1.165) is 139 Å². The van der Waals surface area contributed by atoms with Gasteiger partial charge in [-0.2, -0.15) is 8.42 Å². The molecule has 4 aromatic carbocycles. The average molecular weight is 977 g/mol. The predicted molar refractivity (Wildman–Crippen MR) is 273 cm³/mol. The van der Waals surface area contributed by atoms with Gasteiger partial charge >= 0.3 is 11.9 Å². The lowest BCUT2D eigenvalue weighted by Gasteiger charge is -2.52. The van der Waals surface area contributed by atoms with Crippen molar-refractivity contribution in [2.75, 3.05) is 13.4 Å². The minimum Gasteiger partial charge on any atom is -0.508 e. The molecule has 11 nitrogen and oxygen atoms in total. The average Bonchev–Trinajstić information content (AvgIpc) is 4.33. The van der Waals surface area contributed by atoms with Crippen LogP contribution < -0.4 is 15.4 Å². The van der Waals surface area contributed by atoms with E-state index >= 15 is 0 Å². The zero-order chi connectivity index (χ0) is 48.8. The van der Waals surface area contributed by atoms with Crippen LogP contribution >= 0.6 is 0 Å². The number of methoxy groups -OCH3 is 1. The first-order valence-corrected chi connectivity index (χ1v) is 28.4. The molecule has 10 aliphatic carbocycles. The Morgan fingerprint density at radius 2 is 0.986 bits per heavy atom. The highest BCUT2D eigenvalue weighted by atomic mass is 32.2. The van der Waals surface area contributed by atoms with E-state index in [9.17, 15) is 28.2 Å². The van der Waals surface area contributed by atoms with Crippen LogP contribution in [0.15, 0.2) is 72.8 Å². The van der Waals surface area contributed by atoms with Gasteiger partial charge in [0.1, 0.15) is 11.5 Å². The van der Waals surface area contributed by atoms with Crippen molar-refractivity contribution < 1.29 is 41.9 Å². The number of ether oxygens (including phenoxy) is 2. The molecule has 10 fully saturated rings. The number of nitrogens with one attached hydrogen (secondary N) is 2. The number of hydrogen-bond acceptors (Lipinski definition) is 10. The molecule has 0 unspecified atom stereocenters. The van der Waals surface area contributed by atoms with Gasteiger partial charge < -0.3 is 30.3 Å². The number of carbonyl (C=O) groups excluding carboxylic acids is 1. The highest BCUT2D eigenvalue weighted by Crippen LogP contribution is 2.58. The number of carboxylic acid groups (broad SMARTS) is 1. The highest BCUT2D eigenvalue weighted by Gasteiger charge is 2.54. The quantitative estimate of drug-likeness (QED) is 0.0790. The smallest absolute Gasteiger partial charge is 0.311 e. The van der Waals surface area contributed by atoms with Gasteiger partial charge in [0, 0.05) is 24.2 Å². The van der Waals surface area contributed by atoms with Crippen molar-refractivity contribution in [3.8, 4) is 11.5 Å². The fourth-order valence-corrected chi connectivity index (χ4v) is 14.3. The minimum absolute atomic E-state index is 0.0152. The molecule has 0 aromatic heterocycles. The van der Waals surface area contributed by atoms with Crippen molar-refractivity contribution in [3.05, 3.63) is 83.9 Å². The zero-order valence-electron chi connectivity index (χ0n) is 41.6. The van der Waals surface area contributed by atoms with Crippen LogP contribution in [0.25, 0.3) is 21.5 Å². The number of phenolic OH excluding ortho intramolecular Hbond substituents is 1. The van der Waals surface area contributed by atoms with Gasteiger partial charge in [-0.05, 0) is 234 Å². The maximum atomic E-state index is 12.1. The first-order chi connectivity index (χ1) is 33.5. The Hall–Kier alpha value is -4.23. The summed E-state index contributed by atoms with van der Waals surface area (Å²) in [5.74, 6) is 0.707. The van der Waals surface area contributed by atoms with Crippen molar-refractivity contribution in [3.63, 3.8) is 0 Å². The lowest BCUT2D eigenvalue weighted by atomic mass is 9.57. The van der Waals surface area contributed by atoms with Crippen molar-refractivity contribution in [2.24, 2.45) is 21.7 Å². The maximum Gasteiger partial charge on any atom is 0.311 e. The van der Waals surface area contributed by atoms with Crippen LogP contribution in [-0.4, -0.2) is 67.2 Å². The summed E-state index contributed by atoms with van der Waals surface area (Å²) in [5, 5.41) is 31.5. The number of benzene rings is 4. The Bertz CT molecular complexity index is 2620. The number of rotatable bonds is 12. The molecule has 4 N–H and O–H groups in total. The third-order valence-corrected chi connectivity index (χ3v) is 19.8. The number of phenols is 1. The molecular weight excluding hydrogens is 901 g/mol. The summed E-state index contributed by atoms with van der Waals surface area (Å²) < 4.78 is 38.1. The SMILES string of the molecule is COC(=O)C12CCC(NCc3ccc4cc(O)ccc4c3)(CC1)CC2.CS(=O)(=O)OC1CCC2(CC1)CC2.O=C(O)C12CCC(NCc3ccc4cc(OC5CCC6(CC5)CC6)ccc4c3)(CC1)CC2. The van der Waals surface area contributed by atoms with Crippen LogP contribution in [0.3, 0.4) is 0 Å². The minimum atomic E-state index is -3.24. The van der Waals surface area contributed by atoms with Gasteiger partial charge in [0.15, 0.2) is 0 Å². The first-order valence-electron chi connectivity index (χ1n) is 26.6. The molecule has 12 heteroatoms. The van der Waals surface area contributed by atoms with Crippen molar-refractivity contribution in [2.45, 2.75) is 190 Å². The van der Waals surface area contributed by atoms with E-state index in [0.29, 0.717) is 22.7 Å². The largest absolute Gasteiger partial charge is 0.508 e. The summed E-state index contributed by atoms with van der Waals surface area (Å²) in [4.78, 5) is 23.8. The van der Waals surface area contributed by atoms with Gasteiger partial charge in [-0.15, -0.1) is 0 Å². The predicted octanol–water partition coefficient (Wildman–Crippen LogP) is 11.8. The molecule has 10 aliphatic rings. The molecule has 70 heavy (non-hydrogen) atoms. The summed E-state index contributed by atoms with van der Waals surface area (Å²) >= 11 is 0. The Labute approximate surface area is 415 Å². The van der Waals surface area contributed by atoms with Gasteiger partial charge in [-0.25, -0.2) is 0 Å². The molecule has 2 spiro atoms. The van der Waals surface area contributed by atoms with Gasteiger partial charge in [0.2, 0.25) is 0 Å². The van der Waals surface area contributed by atoms with Crippen molar-refractivity contribution in [1.29, 1.82) is 0 Å². The molecule has 0 atom stereocenters. The van der Waals surface area contributed by atoms with Gasteiger partial charge in [-0.1, -0.05) is 36.4 Å². The van der Waals surface area contributed by atoms with Crippen LogP contribution in [0.1, 0.15) is 165 Å². The topological polar surface area (TPSA) is 160 Å². The van der Waals surface area contributed by atoms with E-state index in [4.69, 9.17) is 13.7 Å². The van der Waals surface area contributed by atoms with Crippen molar-refractivity contribution >= 4 is 43.6 Å². The molecule has 0 heterocycles. The Morgan fingerprint density at radius 3 is 1.44 bits per heavy atom. The summed E-state index contributed by atoms with van der Waals surface area (Å²) in [6.45, 7) is 1.68. The Balaban J connectivity index is 0.000000132. The summed E-state index contributed by atoms with van der Waals surface area (Å²) in [7, 11) is -1.74. The summed E-state index contributed by atoms with van der Waals surface area (Å²) in [6, 6.07) is 25.1. The fourth-order valence-electron chi connectivity index (χ4n) is 13.6. The normalized spacial score (nSPS) is 29.5. The zero-order valence-corrected chi connectivity index (χ0v) is 42.4. The molecular formula is C58H76N2O9S. The Morgan fingerprint density at radius 1 is 0.557 bits per heavy atom. The Kier molecular flexibility index (Phi) is 13.6. The second kappa shape index (κ2) is 19.3. The molecule has 0 radical (unpaired) electrons. The number of aromatic hydroxyl groups is 1. The van der Waals surface area contributed by atoms with Crippen LogP contribution in [0.4, 0.5) is 0 Å². The lowest BCUT2D eigenvalue weighted by molar-refractivity contribution is -0.160. The van der Waals surface area contributed by atoms with Crippen LogP contribution in [0.2, 0.25) is 0 Å². The maximum absolute atomic E-state index is 12.1. The fraction of sp³-hybridized carbons (Fsp3) is 0.621. The molecule has 378 valence electrons. The summed E-state index contributed by atoms with van der Waals surface area (Å²) in [5.41, 5.74) is 3.50. The number of aliphatic carboxylic acids is 1. The van der Waals surface area contributed by atoms with E-state index in [2.05, 4.69) is 65.2 Å². The molecule has 0 aliphatic heterocycles. The summed E-state index contributed by atoms with van der Waals surface area (Å²) in [6.07, 6.45) is 27.7. The number of fused-ring (bicyclic) bond motifs is 8. The van der Waals surface area contributed by atoms with Crippen LogP contribution in [-0.2, 0) is 41.7 Å². The van der Waals surface area contributed by atoms with E-state index in [-0.39, 0.29) is 28.6 Å². The van der Waals surface area contributed by atoms with E-state index in [1.54, 1.807) is 12.1 Å². The van der Waals surface area contributed by atoms with E-state index in [1.165, 1.54) is 80.4 Å². The second-order valence-corrected chi connectivity index (χ2v) is 25.3. The highest BCUT2D eigenvalue weighted by molar-refractivity contribution is 7.86. The van der Waals surface area contributed by atoms with E-state index in [1.807, 2.05) is 6.07 Å². The number of esters is 1. The third kappa shape index (κ3) is 11.1. The van der Waals surface area contributed by atoms with Gasteiger partial charge in [0.05, 0.1) is 36.4 Å².